The molecular weight excluding hydrogens is 178 g/mol. The van der Waals surface area contributed by atoms with E-state index in [1.165, 1.54) is 0 Å². The van der Waals surface area contributed by atoms with Crippen molar-refractivity contribution in [3.05, 3.63) is 0 Å². The third-order valence-corrected chi connectivity index (χ3v) is 13.7. The quantitative estimate of drug-likeness (QED) is 0.395. The Hall–Kier alpha value is 1.91. The molecule has 0 amide bonds. The molecule has 0 rings (SSSR count). The molecule has 0 aromatic carbocycles. The van der Waals surface area contributed by atoms with Crippen LogP contribution in [0.4, 0.5) is 0 Å². The number of rotatable bonds is 1. The molecule has 0 aromatic rings. The standard InChI is InChI=1S/Al.O2P.Sr.2H/c;1-3-2;;;. The van der Waals surface area contributed by atoms with Crippen molar-refractivity contribution in [2.45, 2.75) is 0 Å². The second-order valence-corrected chi connectivity index (χ2v) is 21.6. The molecule has 0 atom stereocenters. The zero-order valence-electron chi connectivity index (χ0n) is 2.97. The van der Waals surface area contributed by atoms with E-state index in [0.29, 0.717) is 0 Å². The Balaban J connectivity index is 3.23. The first-order chi connectivity index (χ1) is 2.27. The van der Waals surface area contributed by atoms with Gasteiger partial charge in [-0.3, -0.25) is 0 Å². The predicted octanol–water partition coefficient (Wildman–Crippen LogP) is -0.673. The van der Waals surface area contributed by atoms with Gasteiger partial charge in [0.1, 0.15) is 0 Å². The Morgan fingerprint density at radius 2 is 1.80 bits per heavy atom. The van der Waals surface area contributed by atoms with Gasteiger partial charge >= 0.3 is 55.9 Å². The van der Waals surface area contributed by atoms with Gasteiger partial charge in [-0.05, 0) is 0 Å². The summed E-state index contributed by atoms with van der Waals surface area (Å²) >= 11 is -1.05. The Kier molecular flexibility index (Phi) is 5.64. The fourth-order valence-electron chi connectivity index (χ4n) is 0. The van der Waals surface area contributed by atoms with E-state index in [-0.39, 0.29) is 0 Å². The van der Waals surface area contributed by atoms with Gasteiger partial charge in [0.05, 0.1) is 0 Å². The summed E-state index contributed by atoms with van der Waals surface area (Å²) < 4.78 is 17.2. The number of hydrogen-bond acceptors (Lipinski definition) is 2. The molecule has 5 heavy (non-hydrogen) atoms. The van der Waals surface area contributed by atoms with E-state index >= 15 is 0 Å². The van der Waals surface area contributed by atoms with Crippen LogP contribution in [0.5, 0.6) is 0 Å². The zero-order chi connectivity index (χ0) is 4.28. The van der Waals surface area contributed by atoms with Crippen LogP contribution in [0, 0.1) is 0 Å². The summed E-state index contributed by atoms with van der Waals surface area (Å²) in [6.07, 6.45) is 0. The molecule has 0 aliphatic rings. The Labute approximate surface area is 54.5 Å². The van der Waals surface area contributed by atoms with Crippen molar-refractivity contribution in [3.8, 4) is 0 Å². The molecule has 0 heterocycles. The molecule has 24 valence electrons. The Morgan fingerprint density at radius 1 is 1.60 bits per heavy atom. The first kappa shape index (κ1) is 6.91. The van der Waals surface area contributed by atoms with Crippen LogP contribution in [-0.2, 0) is 9.13 Å². The minimum atomic E-state index is -1.83. The van der Waals surface area contributed by atoms with Crippen LogP contribution < -0.4 is 0 Å². The van der Waals surface area contributed by atoms with Crippen molar-refractivity contribution >= 4 is 46.8 Å². The van der Waals surface area contributed by atoms with Gasteiger partial charge in [0, 0.05) is 0 Å². The monoisotopic (exact) mass is 180 g/mol. The first-order valence-electron chi connectivity index (χ1n) is 1.39. The summed E-state index contributed by atoms with van der Waals surface area (Å²) in [7, 11) is 0.987. The van der Waals surface area contributed by atoms with Crippen molar-refractivity contribution in [2.75, 3.05) is 0 Å². The van der Waals surface area contributed by atoms with Crippen LogP contribution in [0.2, 0.25) is 0 Å². The SMILES string of the molecule is O=[P](=O)[Sr][AlH2]. The summed E-state index contributed by atoms with van der Waals surface area (Å²) in [4.78, 5) is 0. The topological polar surface area (TPSA) is 34.1 Å². The van der Waals surface area contributed by atoms with Gasteiger partial charge in [0.25, 0.3) is 0 Å². The van der Waals surface area contributed by atoms with Gasteiger partial charge in [-0.25, -0.2) is 0 Å². The van der Waals surface area contributed by atoms with E-state index in [9.17, 15) is 9.13 Å². The molecule has 2 nitrogen and oxygen atoms in total. The summed E-state index contributed by atoms with van der Waals surface area (Å²) in [5.41, 5.74) is 0. The van der Waals surface area contributed by atoms with E-state index in [2.05, 4.69) is 0 Å². The predicted molar refractivity (Wildman–Crippen MR) is 22.6 cm³/mol. The third kappa shape index (κ3) is 5.91. The molecule has 0 aromatic heterocycles. The fraction of sp³-hybridized carbons (Fsp3) is 0. The van der Waals surface area contributed by atoms with E-state index in [4.69, 9.17) is 0 Å². The van der Waals surface area contributed by atoms with Crippen molar-refractivity contribution in [1.29, 1.82) is 0 Å². The van der Waals surface area contributed by atoms with Crippen molar-refractivity contribution < 1.29 is 9.13 Å². The van der Waals surface area contributed by atoms with Gasteiger partial charge < -0.3 is 0 Å². The van der Waals surface area contributed by atoms with Gasteiger partial charge in [-0.1, -0.05) is 0 Å². The second-order valence-electron chi connectivity index (χ2n) is 0.649. The van der Waals surface area contributed by atoms with Gasteiger partial charge in [-0.2, -0.15) is 0 Å². The fourth-order valence-corrected chi connectivity index (χ4v) is 0. The maximum absolute atomic E-state index is 9.53. The molecule has 0 saturated heterocycles. The van der Waals surface area contributed by atoms with Crippen LogP contribution in [0.1, 0.15) is 0 Å². The molecule has 5 heteroatoms. The minimum absolute atomic E-state index is 0.987. The van der Waals surface area contributed by atoms with Crippen LogP contribution >= 0.6 is 1.78 Å². The Bertz CT molecular complexity index is 67.7. The molecular formula is H2AlO2PSr. The molecule has 0 aliphatic heterocycles. The molecule has 0 N–H and O–H groups in total. The van der Waals surface area contributed by atoms with Crippen molar-refractivity contribution in [1.82, 2.24) is 0 Å². The van der Waals surface area contributed by atoms with Gasteiger partial charge in [0.15, 0.2) is 0 Å². The molecule has 0 bridgehead atoms. The molecule has 0 fully saturated rings. The summed E-state index contributed by atoms with van der Waals surface area (Å²) in [5, 5.41) is 0. The second kappa shape index (κ2) is 4.08. The van der Waals surface area contributed by atoms with E-state index < -0.39 is 38.6 Å². The average Bonchev–Trinajstić information content (AvgIpc) is 1.38. The summed E-state index contributed by atoms with van der Waals surface area (Å²) in [6, 6.07) is 0. The van der Waals surface area contributed by atoms with Crippen LogP contribution in [0.3, 0.4) is 0 Å². The molecule has 0 unspecified atom stereocenters. The van der Waals surface area contributed by atoms with E-state index in [1.54, 1.807) is 0 Å². The molecule has 0 spiro atoms. The first-order valence-corrected chi connectivity index (χ1v) is 19.3. The van der Waals surface area contributed by atoms with Crippen LogP contribution in [0.15, 0.2) is 0 Å². The maximum atomic E-state index is 9.53. The number of hydrogen-bond donors (Lipinski definition) is 0. The van der Waals surface area contributed by atoms with E-state index in [0.717, 1.165) is 8.21 Å². The average molecular weight is 180 g/mol. The van der Waals surface area contributed by atoms with Gasteiger partial charge in [-0.15, -0.1) is 0 Å². The molecule has 0 radical (unpaired) electrons. The third-order valence-electron chi connectivity index (χ3n) is 0.258. The van der Waals surface area contributed by atoms with Crippen LogP contribution in [-0.4, -0.2) is 45.0 Å². The summed E-state index contributed by atoms with van der Waals surface area (Å²) in [5.74, 6) is 0. The Morgan fingerprint density at radius 3 is 1.80 bits per heavy atom. The van der Waals surface area contributed by atoms with Gasteiger partial charge in [0.2, 0.25) is 0 Å². The van der Waals surface area contributed by atoms with E-state index in [1.807, 2.05) is 0 Å². The zero-order valence-corrected chi connectivity index (χ0v) is 9.34. The summed E-state index contributed by atoms with van der Waals surface area (Å²) in [6.45, 7) is 0. The molecule has 0 saturated carbocycles. The van der Waals surface area contributed by atoms with Crippen molar-refractivity contribution in [3.63, 3.8) is 0 Å². The normalized spacial score (nSPS) is 5.60. The van der Waals surface area contributed by atoms with Crippen molar-refractivity contribution in [2.24, 2.45) is 0 Å². The van der Waals surface area contributed by atoms with Crippen LogP contribution in [0.25, 0.3) is 0 Å². The molecule has 0 aliphatic carbocycles.